The Labute approximate surface area is 173 Å². The number of anilines is 1. The van der Waals surface area contributed by atoms with Crippen LogP contribution in [0.3, 0.4) is 0 Å². The highest BCUT2D eigenvalue weighted by atomic mass is 32.2. The summed E-state index contributed by atoms with van der Waals surface area (Å²) in [6, 6.07) is 15.9. The fourth-order valence-corrected chi connectivity index (χ4v) is 3.66. The first-order valence-electron chi connectivity index (χ1n) is 9.11. The molecule has 8 heteroatoms. The molecule has 0 radical (unpaired) electrons. The second kappa shape index (κ2) is 7.64. The molecule has 0 spiro atoms. The van der Waals surface area contributed by atoms with Crippen LogP contribution in [-0.4, -0.2) is 30.2 Å². The van der Waals surface area contributed by atoms with E-state index in [1.54, 1.807) is 42.1 Å². The lowest BCUT2D eigenvalue weighted by atomic mass is 10.1. The molecule has 0 amide bonds. The number of carbonyl (C=O) groups excluding carboxylic acids is 1. The summed E-state index contributed by atoms with van der Waals surface area (Å²) in [7, 11) is -1.56. The number of hydrogen-bond acceptors (Lipinski definition) is 5. The van der Waals surface area contributed by atoms with Gasteiger partial charge in [-0.05, 0) is 48.6 Å². The van der Waals surface area contributed by atoms with Crippen LogP contribution in [0.15, 0.2) is 71.3 Å². The lowest BCUT2D eigenvalue weighted by Gasteiger charge is -2.03. The fourth-order valence-electron chi connectivity index (χ4n) is 3.10. The third-order valence-electron chi connectivity index (χ3n) is 4.40. The van der Waals surface area contributed by atoms with Gasteiger partial charge in [-0.2, -0.15) is 5.10 Å². The van der Waals surface area contributed by atoms with Crippen molar-refractivity contribution in [2.75, 3.05) is 11.0 Å². The maximum Gasteiger partial charge on any atom is 0.229 e. The van der Waals surface area contributed by atoms with Crippen LogP contribution in [0.5, 0.6) is 0 Å². The summed E-state index contributed by atoms with van der Waals surface area (Å²) in [6.45, 7) is 0. The van der Waals surface area contributed by atoms with Gasteiger partial charge in [-0.1, -0.05) is 18.2 Å². The predicted molar refractivity (Wildman–Crippen MR) is 117 cm³/mol. The van der Waals surface area contributed by atoms with E-state index in [-0.39, 0.29) is 5.78 Å². The van der Waals surface area contributed by atoms with Crippen LogP contribution < -0.4 is 4.72 Å². The van der Waals surface area contributed by atoms with Crippen molar-refractivity contribution in [2.24, 2.45) is 7.05 Å². The van der Waals surface area contributed by atoms with Crippen molar-refractivity contribution in [3.8, 4) is 11.5 Å². The van der Waals surface area contributed by atoms with Crippen molar-refractivity contribution in [1.82, 2.24) is 9.78 Å². The molecule has 152 valence electrons. The molecule has 0 unspecified atom stereocenters. The molecular formula is C22H19N3O4S. The van der Waals surface area contributed by atoms with Gasteiger partial charge < -0.3 is 4.42 Å². The van der Waals surface area contributed by atoms with Crippen molar-refractivity contribution in [2.45, 2.75) is 0 Å². The number of aromatic nitrogens is 2. The largest absolute Gasteiger partial charge is 0.454 e. The highest BCUT2D eigenvalue weighted by Gasteiger charge is 2.14. The summed E-state index contributed by atoms with van der Waals surface area (Å²) in [5.41, 5.74) is 3.01. The molecule has 0 saturated heterocycles. The van der Waals surface area contributed by atoms with E-state index < -0.39 is 10.0 Å². The molecule has 0 atom stereocenters. The minimum Gasteiger partial charge on any atom is -0.454 e. The van der Waals surface area contributed by atoms with E-state index in [1.165, 1.54) is 6.08 Å². The molecule has 0 bridgehead atoms. The van der Waals surface area contributed by atoms with Gasteiger partial charge in [0.25, 0.3) is 0 Å². The molecule has 1 N–H and O–H groups in total. The molecule has 0 fully saturated rings. The average Bonchev–Trinajstić information content (AvgIpc) is 3.28. The number of hydrogen-bond donors (Lipinski definition) is 1. The Morgan fingerprint density at radius 2 is 1.87 bits per heavy atom. The van der Waals surface area contributed by atoms with Gasteiger partial charge in [0.1, 0.15) is 11.3 Å². The van der Waals surface area contributed by atoms with E-state index in [1.807, 2.05) is 36.5 Å². The number of benzene rings is 2. The third-order valence-corrected chi connectivity index (χ3v) is 5.01. The minimum atomic E-state index is -3.36. The number of sulfonamides is 1. The average molecular weight is 421 g/mol. The quantitative estimate of drug-likeness (QED) is 0.374. The molecule has 4 aromatic rings. The van der Waals surface area contributed by atoms with E-state index >= 15 is 0 Å². The Morgan fingerprint density at radius 1 is 1.13 bits per heavy atom. The van der Waals surface area contributed by atoms with E-state index in [9.17, 15) is 13.2 Å². The van der Waals surface area contributed by atoms with Crippen LogP contribution in [0, 0.1) is 0 Å². The Kier molecular flexibility index (Phi) is 5.01. The first kappa shape index (κ1) is 19.7. The maximum absolute atomic E-state index is 12.5. The smallest absolute Gasteiger partial charge is 0.229 e. The number of furan rings is 1. The van der Waals surface area contributed by atoms with Crippen LogP contribution in [0.25, 0.3) is 28.5 Å². The van der Waals surface area contributed by atoms with Gasteiger partial charge in [-0.25, -0.2) is 8.42 Å². The molecule has 2 aromatic heterocycles. The van der Waals surface area contributed by atoms with Gasteiger partial charge in [0.05, 0.1) is 6.26 Å². The summed E-state index contributed by atoms with van der Waals surface area (Å²) in [6.07, 6.45) is 6.04. The summed E-state index contributed by atoms with van der Waals surface area (Å²) in [4.78, 5) is 12.5. The van der Waals surface area contributed by atoms with E-state index in [2.05, 4.69) is 9.82 Å². The van der Waals surface area contributed by atoms with Gasteiger partial charge >= 0.3 is 0 Å². The molecule has 0 aliphatic rings. The number of ketones is 1. The number of nitrogens with one attached hydrogen (secondary N) is 1. The van der Waals surface area contributed by atoms with Crippen LogP contribution >= 0.6 is 0 Å². The van der Waals surface area contributed by atoms with Gasteiger partial charge in [0, 0.05) is 35.4 Å². The zero-order valence-corrected chi connectivity index (χ0v) is 17.2. The molecule has 4 rings (SSSR count). The second-order valence-corrected chi connectivity index (χ2v) is 8.65. The van der Waals surface area contributed by atoms with Crippen molar-refractivity contribution < 1.29 is 17.6 Å². The number of para-hydroxylation sites is 1. The molecule has 0 saturated carbocycles. The molecule has 2 aromatic carbocycles. The number of fused-ring (bicyclic) bond motifs is 1. The van der Waals surface area contributed by atoms with Crippen LogP contribution in [0.2, 0.25) is 0 Å². The number of rotatable bonds is 6. The number of carbonyl (C=O) groups is 1. The number of allylic oxidation sites excluding steroid dienone is 1. The van der Waals surface area contributed by atoms with Crippen molar-refractivity contribution in [3.63, 3.8) is 0 Å². The Balaban J connectivity index is 1.58. The molecule has 7 nitrogen and oxygen atoms in total. The Hall–Kier alpha value is -3.65. The topological polar surface area (TPSA) is 94.2 Å². The Bertz CT molecular complexity index is 1330. The molecule has 0 aliphatic carbocycles. The summed E-state index contributed by atoms with van der Waals surface area (Å²) < 4.78 is 32.5. The minimum absolute atomic E-state index is 0.208. The normalized spacial score (nSPS) is 11.9. The molecule has 0 aliphatic heterocycles. The van der Waals surface area contributed by atoms with Crippen molar-refractivity contribution >= 4 is 38.5 Å². The van der Waals surface area contributed by atoms with Crippen LogP contribution in [-0.2, 0) is 17.1 Å². The highest BCUT2D eigenvalue weighted by molar-refractivity contribution is 7.92. The fraction of sp³-hybridized carbons (Fsp3) is 0.0909. The van der Waals surface area contributed by atoms with Gasteiger partial charge in [0.2, 0.25) is 10.0 Å². The number of aryl methyl sites for hydroxylation is 1. The molecule has 30 heavy (non-hydrogen) atoms. The standard InChI is InChI=1S/C22H19N3O4S/c1-25-14-17(22(23-25)21-13-16-5-3-4-6-20(16)29-21)9-12-19(26)15-7-10-18(11-8-15)24-30(2,27)28/h3-14,24H,1-2H3/b12-9+. The molecule has 2 heterocycles. The summed E-state index contributed by atoms with van der Waals surface area (Å²) in [5, 5.41) is 5.45. The van der Waals surface area contributed by atoms with Crippen molar-refractivity contribution in [1.29, 1.82) is 0 Å². The predicted octanol–water partition coefficient (Wildman–Crippen LogP) is 4.10. The monoisotopic (exact) mass is 421 g/mol. The molecular weight excluding hydrogens is 402 g/mol. The van der Waals surface area contributed by atoms with E-state index in [0.29, 0.717) is 22.7 Å². The highest BCUT2D eigenvalue weighted by Crippen LogP contribution is 2.29. The number of nitrogens with zero attached hydrogens (tertiary/aromatic N) is 2. The first-order valence-corrected chi connectivity index (χ1v) is 11.0. The van der Waals surface area contributed by atoms with Crippen molar-refractivity contribution in [3.05, 3.63) is 78.0 Å². The van der Waals surface area contributed by atoms with Crippen LogP contribution in [0.4, 0.5) is 5.69 Å². The Morgan fingerprint density at radius 3 is 2.57 bits per heavy atom. The van der Waals surface area contributed by atoms with E-state index in [0.717, 1.165) is 22.8 Å². The lowest BCUT2D eigenvalue weighted by molar-refractivity contribution is 0.104. The summed E-state index contributed by atoms with van der Waals surface area (Å²) in [5.74, 6) is 0.417. The second-order valence-electron chi connectivity index (χ2n) is 6.90. The third kappa shape index (κ3) is 4.33. The van der Waals surface area contributed by atoms with Gasteiger partial charge in [-0.3, -0.25) is 14.2 Å². The first-order chi connectivity index (χ1) is 14.3. The summed E-state index contributed by atoms with van der Waals surface area (Å²) >= 11 is 0. The van der Waals surface area contributed by atoms with Gasteiger partial charge in [-0.15, -0.1) is 0 Å². The van der Waals surface area contributed by atoms with Crippen LogP contribution in [0.1, 0.15) is 15.9 Å². The van der Waals surface area contributed by atoms with E-state index in [4.69, 9.17) is 4.42 Å². The SMILES string of the molecule is Cn1cc(/C=C/C(=O)c2ccc(NS(C)(=O)=O)cc2)c(-c2cc3ccccc3o2)n1. The van der Waals surface area contributed by atoms with Gasteiger partial charge in [0.15, 0.2) is 11.5 Å². The zero-order valence-electron chi connectivity index (χ0n) is 16.4. The zero-order chi connectivity index (χ0) is 21.3. The lowest BCUT2D eigenvalue weighted by Crippen LogP contribution is -2.09. The maximum atomic E-state index is 12.5.